The molecule has 1 rings (SSSR count). The Bertz CT molecular complexity index is 135. The molecule has 0 aromatic rings. The summed E-state index contributed by atoms with van der Waals surface area (Å²) >= 11 is 1.80. The third-order valence-electron chi connectivity index (χ3n) is 2.13. The number of nitrogens with one attached hydrogen (secondary N) is 1. The van der Waals surface area contributed by atoms with Gasteiger partial charge in [0, 0.05) is 0 Å². The quantitative estimate of drug-likeness (QED) is 0.780. The van der Waals surface area contributed by atoms with Crippen LogP contribution in [0.15, 0.2) is 0 Å². The zero-order chi connectivity index (χ0) is 9.68. The van der Waals surface area contributed by atoms with E-state index in [1.165, 1.54) is 19.6 Å². The predicted molar refractivity (Wildman–Crippen MR) is 50.9 cm³/mol. The van der Waals surface area contributed by atoms with Crippen LogP contribution in [-0.4, -0.2) is 47.8 Å². The van der Waals surface area contributed by atoms with Crippen LogP contribution in [-0.2, 0) is 19.4 Å². The molecule has 1 N–H and O–H groups in total. The molecule has 0 bridgehead atoms. The summed E-state index contributed by atoms with van der Waals surface area (Å²) in [5.41, 5.74) is 0. The van der Waals surface area contributed by atoms with Crippen LogP contribution in [0.5, 0.6) is 0 Å². The Labute approximate surface area is 92.5 Å². The van der Waals surface area contributed by atoms with E-state index in [9.17, 15) is 0 Å². The van der Waals surface area contributed by atoms with Gasteiger partial charge in [-0.1, -0.05) is 0 Å². The van der Waals surface area contributed by atoms with Crippen LogP contribution in [0.2, 0.25) is 0 Å². The van der Waals surface area contributed by atoms with Crippen molar-refractivity contribution in [2.24, 2.45) is 5.92 Å². The van der Waals surface area contributed by atoms with Crippen LogP contribution in [0.25, 0.3) is 0 Å². The number of hydrogen-bond acceptors (Lipinski definition) is 3. The number of piperazine rings is 1. The van der Waals surface area contributed by atoms with Crippen molar-refractivity contribution < 1.29 is 19.4 Å². The molecule has 0 aromatic carbocycles. The zero-order valence-corrected chi connectivity index (χ0v) is 11.3. The fraction of sp³-hybridized carbons (Fsp3) is 1.00. The van der Waals surface area contributed by atoms with Gasteiger partial charge in [0.05, 0.1) is 0 Å². The second kappa shape index (κ2) is 6.11. The first-order valence-electron chi connectivity index (χ1n) is 5.02. The van der Waals surface area contributed by atoms with Crippen molar-refractivity contribution in [3.63, 3.8) is 0 Å². The second-order valence-corrected chi connectivity index (χ2v) is 5.77. The molecule has 1 fully saturated rings. The van der Waals surface area contributed by atoms with E-state index in [4.69, 9.17) is 0 Å². The second-order valence-electron chi connectivity index (χ2n) is 4.05. The third kappa shape index (κ3) is 5.09. The molecule has 0 atom stereocenters. The van der Waals surface area contributed by atoms with E-state index >= 15 is 0 Å². The molecule has 0 unspecified atom stereocenters. The molecule has 0 aliphatic carbocycles. The number of nitrogens with zero attached hydrogens (tertiary/aromatic N) is 2. The summed E-state index contributed by atoms with van der Waals surface area (Å²) in [5, 5.41) is 3.37. The zero-order valence-electron chi connectivity index (χ0n) is 8.59. The maximum absolute atomic E-state index is 3.37. The molecule has 0 spiro atoms. The van der Waals surface area contributed by atoms with Crippen LogP contribution in [0.4, 0.5) is 0 Å². The van der Waals surface area contributed by atoms with E-state index in [-0.39, 0.29) is 0 Å². The first-order valence-corrected chi connectivity index (χ1v) is 6.23. The average Bonchev–Trinajstić information content (AvgIpc) is 2.04. The Kier molecular flexibility index (Phi) is 5.46. The van der Waals surface area contributed by atoms with Crippen molar-refractivity contribution >= 4 is 0 Å². The molecule has 0 saturated carbocycles. The van der Waals surface area contributed by atoms with Gasteiger partial charge in [0.1, 0.15) is 0 Å². The molecular weight excluding hydrogens is 336 g/mol. The van der Waals surface area contributed by atoms with Crippen molar-refractivity contribution in [1.82, 2.24) is 13.8 Å². The Balaban J connectivity index is 2.14. The normalized spacial score (nSPS) is 20.1. The van der Waals surface area contributed by atoms with Crippen molar-refractivity contribution in [2.75, 3.05) is 39.4 Å². The molecule has 1 saturated heterocycles. The van der Waals surface area contributed by atoms with Crippen LogP contribution in [0.3, 0.4) is 0 Å². The summed E-state index contributed by atoms with van der Waals surface area (Å²) in [6.45, 7) is 11.7. The van der Waals surface area contributed by atoms with Gasteiger partial charge in [-0.15, -0.1) is 0 Å². The molecule has 0 aromatic heterocycles. The van der Waals surface area contributed by atoms with Gasteiger partial charge >= 0.3 is 92.4 Å². The number of hydrogen-bond donors (Lipinski definition) is 1. The van der Waals surface area contributed by atoms with E-state index in [0.29, 0.717) is 0 Å². The third-order valence-corrected chi connectivity index (χ3v) is 3.01. The minimum absolute atomic E-state index is 0.785. The first-order chi connectivity index (χ1) is 6.18. The van der Waals surface area contributed by atoms with Gasteiger partial charge in [0.15, 0.2) is 0 Å². The maximum atomic E-state index is 3.37. The monoisotopic (exact) mass is 357 g/mol. The van der Waals surface area contributed by atoms with E-state index in [0.717, 1.165) is 25.7 Å². The van der Waals surface area contributed by atoms with Gasteiger partial charge < -0.3 is 0 Å². The van der Waals surface area contributed by atoms with E-state index in [1.54, 1.807) is 19.4 Å². The Morgan fingerprint density at radius 2 is 2.00 bits per heavy atom. The number of rotatable bonds is 4. The van der Waals surface area contributed by atoms with E-state index in [2.05, 4.69) is 27.6 Å². The molecular formula is C9H20N3Re. The molecule has 1 aliphatic rings. The summed E-state index contributed by atoms with van der Waals surface area (Å²) in [6, 6.07) is 0. The molecule has 1 heterocycles. The summed E-state index contributed by atoms with van der Waals surface area (Å²) < 4.78 is 2.47. The average molecular weight is 356 g/mol. The summed E-state index contributed by atoms with van der Waals surface area (Å²) in [4.78, 5) is 2.53. The molecule has 13 heavy (non-hydrogen) atoms. The SMILES string of the molecule is CC(C)C[N]([Re])CN1CCNCC1. The fourth-order valence-electron chi connectivity index (χ4n) is 1.52. The van der Waals surface area contributed by atoms with E-state index < -0.39 is 0 Å². The molecule has 78 valence electrons. The fourth-order valence-corrected chi connectivity index (χ4v) is 3.06. The summed E-state index contributed by atoms with van der Waals surface area (Å²) in [6.07, 6.45) is 0. The van der Waals surface area contributed by atoms with Gasteiger partial charge in [-0.25, -0.2) is 0 Å². The minimum atomic E-state index is 0.785. The van der Waals surface area contributed by atoms with Crippen molar-refractivity contribution in [1.29, 1.82) is 0 Å². The molecule has 4 heteroatoms. The summed E-state index contributed by atoms with van der Waals surface area (Å²) in [7, 11) is 0. The van der Waals surface area contributed by atoms with Gasteiger partial charge in [0.2, 0.25) is 0 Å². The predicted octanol–water partition coefficient (Wildman–Crippen LogP) is 0.269. The van der Waals surface area contributed by atoms with Crippen LogP contribution in [0, 0.1) is 5.92 Å². The molecule has 0 radical (unpaired) electrons. The van der Waals surface area contributed by atoms with Crippen molar-refractivity contribution in [3.05, 3.63) is 0 Å². The molecule has 0 amide bonds. The Hall–Kier alpha value is 0.542. The summed E-state index contributed by atoms with van der Waals surface area (Å²) in [5.74, 6) is 0.785. The topological polar surface area (TPSA) is 18.5 Å². The van der Waals surface area contributed by atoms with Crippen LogP contribution < -0.4 is 5.32 Å². The van der Waals surface area contributed by atoms with Crippen molar-refractivity contribution in [3.8, 4) is 0 Å². The van der Waals surface area contributed by atoms with Crippen molar-refractivity contribution in [2.45, 2.75) is 13.8 Å². The standard InChI is InChI=1S/C9H20N3.Re/c1-9(2)7-11-8-12-5-3-10-4-6-12;/h9-10H,3-8H2,1-2H3;/q-1;+1. The molecule has 3 nitrogen and oxygen atoms in total. The van der Waals surface area contributed by atoms with Crippen LogP contribution >= 0.6 is 0 Å². The van der Waals surface area contributed by atoms with Gasteiger partial charge in [0.25, 0.3) is 0 Å². The van der Waals surface area contributed by atoms with E-state index in [1.807, 2.05) is 0 Å². The Morgan fingerprint density at radius 1 is 1.38 bits per heavy atom. The first kappa shape index (κ1) is 11.6. The van der Waals surface area contributed by atoms with Gasteiger partial charge in [-0.05, 0) is 0 Å². The van der Waals surface area contributed by atoms with Crippen LogP contribution in [0.1, 0.15) is 13.8 Å². The Morgan fingerprint density at radius 3 is 2.54 bits per heavy atom. The van der Waals surface area contributed by atoms with Gasteiger partial charge in [-0.2, -0.15) is 0 Å². The molecule has 1 aliphatic heterocycles. The van der Waals surface area contributed by atoms with Gasteiger partial charge in [-0.3, -0.25) is 0 Å².